The maximum atomic E-state index is 13.3. The number of benzene rings is 2. The van der Waals surface area contributed by atoms with Gasteiger partial charge in [0.1, 0.15) is 17.7 Å². The van der Waals surface area contributed by atoms with Gasteiger partial charge in [-0.3, -0.25) is 19.2 Å². The molecule has 0 bridgehead atoms. The van der Waals surface area contributed by atoms with Gasteiger partial charge >= 0.3 is 30.4 Å². The molecule has 0 radical (unpaired) electrons. The van der Waals surface area contributed by atoms with Crippen LogP contribution in [0.2, 0.25) is 10.0 Å². The van der Waals surface area contributed by atoms with Crippen molar-refractivity contribution >= 4 is 76.8 Å². The van der Waals surface area contributed by atoms with E-state index in [1.54, 1.807) is 25.7 Å². The summed E-state index contributed by atoms with van der Waals surface area (Å²) in [5, 5.41) is 27.8. The third kappa shape index (κ3) is 13.6. The molecule has 23 heteroatoms. The van der Waals surface area contributed by atoms with Crippen molar-refractivity contribution in [3.05, 3.63) is 57.6 Å². The Labute approximate surface area is 381 Å². The van der Waals surface area contributed by atoms with Crippen molar-refractivity contribution in [1.82, 2.24) is 20.0 Å². The normalized spacial score (nSPS) is 24.5. The highest BCUT2D eigenvalue weighted by Crippen LogP contribution is 2.36. The van der Waals surface area contributed by atoms with Crippen LogP contribution in [-0.4, -0.2) is 124 Å². The lowest BCUT2D eigenvalue weighted by Gasteiger charge is -2.45. The monoisotopic (exact) mass is 974 g/mol. The van der Waals surface area contributed by atoms with Gasteiger partial charge in [-0.2, -0.15) is 26.3 Å². The number of rotatable bonds is 8. The Bertz CT molecular complexity index is 2030. The second-order valence-corrected chi connectivity index (χ2v) is 17.8. The number of hydrogen-bond donors (Lipinski definition) is 5. The molecule has 0 aromatic heterocycles. The minimum absolute atomic E-state index is 0. The lowest BCUT2D eigenvalue weighted by molar-refractivity contribution is -0.152. The van der Waals surface area contributed by atoms with E-state index >= 15 is 0 Å². The number of piperidine rings is 4. The summed E-state index contributed by atoms with van der Waals surface area (Å²) in [6, 6.07) is 3.19. The summed E-state index contributed by atoms with van der Waals surface area (Å²) < 4.78 is 83.9. The van der Waals surface area contributed by atoms with Gasteiger partial charge in [0, 0.05) is 54.1 Å². The van der Waals surface area contributed by atoms with Crippen LogP contribution in [0.25, 0.3) is 0 Å². The molecule has 64 heavy (non-hydrogen) atoms. The van der Waals surface area contributed by atoms with E-state index in [0.717, 1.165) is 24.3 Å². The average molecular weight is 976 g/mol. The first kappa shape index (κ1) is 52.2. The van der Waals surface area contributed by atoms with Crippen LogP contribution in [0.4, 0.5) is 42.5 Å². The highest BCUT2D eigenvalue weighted by Gasteiger charge is 2.45. The van der Waals surface area contributed by atoms with Gasteiger partial charge in [0.2, 0.25) is 11.8 Å². The SMILES string of the molecule is CC(C)(C)OC(=O)N1CC[C@H](C(=O)O)[C@@H](N2CCC[C@@H](Nc3cc(Cl)cc(C(F)(F)F)c3)C2=O)C1.Cl.O=C(O)[C@H]1CCNC[C@@H]1N1CCC[C@@H](Nc2cc(Cl)cc(C(F)(F)F)c2)C1=O. The quantitative estimate of drug-likeness (QED) is 0.164. The summed E-state index contributed by atoms with van der Waals surface area (Å²) in [5.74, 6) is -4.32. The number of likely N-dealkylation sites (tertiary alicyclic amines) is 3. The summed E-state index contributed by atoms with van der Waals surface area (Å²) >= 11 is 11.7. The number of ether oxygens (including phenoxy) is 1. The van der Waals surface area contributed by atoms with Gasteiger partial charge in [0.05, 0.1) is 35.0 Å². The van der Waals surface area contributed by atoms with Gasteiger partial charge < -0.3 is 45.6 Å². The zero-order chi connectivity index (χ0) is 46.6. The number of aliphatic carboxylic acids is 2. The molecule has 4 fully saturated rings. The molecule has 4 heterocycles. The average Bonchev–Trinajstić information content (AvgIpc) is 3.18. The second kappa shape index (κ2) is 21.3. The summed E-state index contributed by atoms with van der Waals surface area (Å²) in [4.78, 5) is 66.8. The van der Waals surface area contributed by atoms with Crippen LogP contribution in [0.1, 0.15) is 70.4 Å². The maximum Gasteiger partial charge on any atom is 0.416 e. The highest BCUT2D eigenvalue weighted by molar-refractivity contribution is 6.31. The van der Waals surface area contributed by atoms with E-state index < -0.39 is 89.0 Å². The Hall–Kier alpha value is -4.40. The van der Waals surface area contributed by atoms with Crippen LogP contribution in [0.15, 0.2) is 36.4 Å². The number of amides is 3. The van der Waals surface area contributed by atoms with E-state index in [2.05, 4.69) is 16.0 Å². The largest absolute Gasteiger partial charge is 0.481 e. The first-order valence-corrected chi connectivity index (χ1v) is 21.1. The first-order valence-electron chi connectivity index (χ1n) is 20.4. The minimum atomic E-state index is -4.61. The van der Waals surface area contributed by atoms with Crippen molar-refractivity contribution in [2.75, 3.05) is 49.9 Å². The van der Waals surface area contributed by atoms with E-state index in [1.165, 1.54) is 21.9 Å². The van der Waals surface area contributed by atoms with Crippen LogP contribution < -0.4 is 16.0 Å². The molecule has 2 aromatic carbocycles. The predicted octanol–water partition coefficient (Wildman–Crippen LogP) is 7.72. The van der Waals surface area contributed by atoms with Gasteiger partial charge in [-0.15, -0.1) is 12.4 Å². The van der Waals surface area contributed by atoms with Crippen LogP contribution in [0.3, 0.4) is 0 Å². The molecule has 0 aliphatic carbocycles. The summed E-state index contributed by atoms with van der Waals surface area (Å²) in [7, 11) is 0. The molecular weight excluding hydrogens is 925 g/mol. The van der Waals surface area contributed by atoms with Crippen LogP contribution in [0.5, 0.6) is 0 Å². The molecule has 2 aromatic rings. The van der Waals surface area contributed by atoms with E-state index in [1.807, 2.05) is 0 Å². The molecule has 3 amide bonds. The number of halogens is 9. The highest BCUT2D eigenvalue weighted by atomic mass is 35.5. The number of carbonyl (C=O) groups excluding carboxylic acids is 3. The third-order valence-corrected chi connectivity index (χ3v) is 11.6. The molecule has 14 nitrogen and oxygen atoms in total. The number of carboxylic acid groups (broad SMARTS) is 2. The van der Waals surface area contributed by atoms with Gasteiger partial charge in [-0.05, 0) is 102 Å². The number of carboxylic acids is 2. The molecule has 0 saturated carbocycles. The summed E-state index contributed by atoms with van der Waals surface area (Å²) in [6.45, 7) is 6.97. The van der Waals surface area contributed by atoms with Crippen molar-refractivity contribution in [2.24, 2.45) is 11.8 Å². The fourth-order valence-electron chi connectivity index (χ4n) is 8.29. The van der Waals surface area contributed by atoms with Crippen molar-refractivity contribution in [1.29, 1.82) is 0 Å². The Morgan fingerprint density at radius 2 is 1.16 bits per heavy atom. The number of nitrogens with zero attached hydrogens (tertiary/aromatic N) is 3. The summed E-state index contributed by atoms with van der Waals surface area (Å²) in [5.41, 5.74) is -2.43. The number of anilines is 2. The zero-order valence-electron chi connectivity index (χ0n) is 35.0. The minimum Gasteiger partial charge on any atom is -0.481 e. The topological polar surface area (TPSA) is 181 Å². The van der Waals surface area contributed by atoms with E-state index in [0.29, 0.717) is 51.7 Å². The van der Waals surface area contributed by atoms with Gasteiger partial charge in [-0.25, -0.2) is 4.79 Å². The van der Waals surface area contributed by atoms with Crippen molar-refractivity contribution in [3.63, 3.8) is 0 Å². The molecule has 4 saturated heterocycles. The molecule has 5 N–H and O–H groups in total. The lowest BCUT2D eigenvalue weighted by Crippen LogP contribution is -2.61. The first-order chi connectivity index (χ1) is 29.3. The second-order valence-electron chi connectivity index (χ2n) is 16.9. The Morgan fingerprint density at radius 3 is 1.59 bits per heavy atom. The van der Waals surface area contributed by atoms with Crippen LogP contribution in [0, 0.1) is 11.8 Å². The van der Waals surface area contributed by atoms with Crippen LogP contribution in [-0.2, 0) is 36.3 Å². The fraction of sp³-hybridized carbons (Fsp3) is 0.585. The van der Waals surface area contributed by atoms with E-state index in [4.69, 9.17) is 27.9 Å². The van der Waals surface area contributed by atoms with E-state index in [9.17, 15) is 60.5 Å². The predicted molar refractivity (Wildman–Crippen MR) is 227 cm³/mol. The molecular formula is C41H51Cl3F6N6O8. The van der Waals surface area contributed by atoms with E-state index in [-0.39, 0.29) is 65.8 Å². The fourth-order valence-corrected chi connectivity index (χ4v) is 8.76. The molecule has 4 aliphatic heterocycles. The number of nitrogens with one attached hydrogen (secondary N) is 3. The molecule has 6 rings (SSSR count). The Kier molecular flexibility index (Phi) is 17.4. The lowest BCUT2D eigenvalue weighted by atomic mass is 9.88. The summed E-state index contributed by atoms with van der Waals surface area (Å²) in [6.07, 6.45) is -7.26. The van der Waals surface area contributed by atoms with Crippen molar-refractivity contribution in [2.45, 2.75) is 101 Å². The molecule has 6 atom stereocenters. The number of carbonyl (C=O) groups is 5. The number of hydrogen-bond acceptors (Lipinski definition) is 9. The van der Waals surface area contributed by atoms with Gasteiger partial charge in [0.15, 0.2) is 0 Å². The Morgan fingerprint density at radius 1 is 0.703 bits per heavy atom. The standard InChI is InChI=1S/C23H29ClF3N3O5.C18H21ClF3N3O3.ClH/c1-22(2,3)35-21(34)29-8-6-16(20(32)33)18(12-29)30-7-4-5-17(19(30)31)28-15-10-13(23(25,26)27)9-14(24)11-15;19-11-6-10(18(20,21)22)7-12(8-11)24-14-2-1-5-25(16(14)26)15-9-23-4-3-13(15)17(27)28;/h9-11,16-18,28H,4-8,12H2,1-3H3,(H,32,33);6-8,13-15,23-24H,1-5,9H2,(H,27,28);1H/t16-,17+,18-;13-,14+,15-;/m00./s1. The third-order valence-electron chi connectivity index (χ3n) is 11.2. The van der Waals surface area contributed by atoms with Crippen molar-refractivity contribution in [3.8, 4) is 0 Å². The Balaban J connectivity index is 0.000000283. The van der Waals surface area contributed by atoms with Crippen molar-refractivity contribution < 1.29 is 65.3 Å². The zero-order valence-corrected chi connectivity index (χ0v) is 37.4. The molecule has 4 aliphatic rings. The molecule has 356 valence electrons. The molecule has 0 spiro atoms. The molecule has 0 unspecified atom stereocenters. The number of alkyl halides is 6. The maximum absolute atomic E-state index is 13.3. The van der Waals surface area contributed by atoms with Gasteiger partial charge in [-0.1, -0.05) is 23.2 Å². The smallest absolute Gasteiger partial charge is 0.416 e. The van der Waals surface area contributed by atoms with Gasteiger partial charge in [0.25, 0.3) is 0 Å². The van der Waals surface area contributed by atoms with Crippen LogP contribution >= 0.6 is 35.6 Å².